The molecule has 2 fully saturated rings. The Balaban J connectivity index is 1.90. The van der Waals surface area contributed by atoms with E-state index in [1.54, 1.807) is 4.90 Å². The van der Waals surface area contributed by atoms with Crippen LogP contribution in [-0.2, 0) is 19.4 Å². The summed E-state index contributed by atoms with van der Waals surface area (Å²) in [6.45, 7) is 1.31. The number of carbonyl (C=O) groups excluding carboxylic acids is 1. The molecule has 0 spiro atoms. The number of nitrogens with zero attached hydrogens (tertiary/aromatic N) is 1. The maximum absolute atomic E-state index is 12.2. The molecule has 1 heterocycles. The third-order valence-electron chi connectivity index (χ3n) is 4.31. The van der Waals surface area contributed by atoms with Gasteiger partial charge in [0, 0.05) is 13.1 Å². The highest BCUT2D eigenvalue weighted by atomic mass is 32.2. The molecule has 0 atom stereocenters. The molecule has 1 amide bonds. The van der Waals surface area contributed by atoms with Crippen LogP contribution in [0.25, 0.3) is 0 Å². The maximum Gasteiger partial charge on any atom is 0.306 e. The van der Waals surface area contributed by atoms with Crippen LogP contribution >= 0.6 is 0 Å². The summed E-state index contributed by atoms with van der Waals surface area (Å²) in [5.41, 5.74) is 0. The predicted octanol–water partition coefficient (Wildman–Crippen LogP) is 0.667. The average Bonchev–Trinajstić information content (AvgIpc) is 2.92. The van der Waals surface area contributed by atoms with Crippen LogP contribution in [0.5, 0.6) is 0 Å². The van der Waals surface area contributed by atoms with Crippen LogP contribution in [0.1, 0.15) is 38.5 Å². The van der Waals surface area contributed by atoms with Crippen LogP contribution in [0, 0.1) is 5.92 Å². The van der Waals surface area contributed by atoms with Crippen LogP contribution in [0.4, 0.5) is 0 Å². The molecule has 1 N–H and O–H groups in total. The summed E-state index contributed by atoms with van der Waals surface area (Å²) in [6.07, 6.45) is 3.36. The number of sulfone groups is 1. The number of carbonyl (C=O) groups is 2. The molecule has 6 nitrogen and oxygen atoms in total. The first-order chi connectivity index (χ1) is 9.40. The number of rotatable bonds is 4. The molecule has 0 aromatic rings. The minimum Gasteiger partial charge on any atom is -0.481 e. The first-order valence-corrected chi connectivity index (χ1v) is 8.84. The van der Waals surface area contributed by atoms with E-state index in [9.17, 15) is 18.0 Å². The molecule has 2 rings (SSSR count). The molecule has 0 aromatic heterocycles. The van der Waals surface area contributed by atoms with Gasteiger partial charge in [-0.3, -0.25) is 9.59 Å². The summed E-state index contributed by atoms with van der Waals surface area (Å²) in [5.74, 6) is -2.01. The fourth-order valence-electron chi connectivity index (χ4n) is 3.02. The van der Waals surface area contributed by atoms with Gasteiger partial charge >= 0.3 is 5.97 Å². The highest BCUT2D eigenvalue weighted by Crippen LogP contribution is 2.29. The Bertz CT molecular complexity index is 473. The largest absolute Gasteiger partial charge is 0.481 e. The fourth-order valence-corrected chi connectivity index (χ4v) is 4.77. The summed E-state index contributed by atoms with van der Waals surface area (Å²) < 4.78 is 24.5. The molecule has 0 aromatic carbocycles. The second kappa shape index (κ2) is 6.11. The minimum absolute atomic E-state index is 0.303. The Morgan fingerprint density at radius 3 is 2.10 bits per heavy atom. The fraction of sp³-hybridized carbons (Fsp3) is 0.846. The van der Waals surface area contributed by atoms with Gasteiger partial charge in [0.15, 0.2) is 9.84 Å². The van der Waals surface area contributed by atoms with Crippen LogP contribution in [0.15, 0.2) is 0 Å². The smallest absolute Gasteiger partial charge is 0.306 e. The van der Waals surface area contributed by atoms with E-state index in [2.05, 4.69) is 0 Å². The Labute approximate surface area is 119 Å². The highest BCUT2D eigenvalue weighted by molar-refractivity contribution is 7.92. The lowest BCUT2D eigenvalue weighted by molar-refractivity contribution is -0.142. The van der Waals surface area contributed by atoms with Crippen molar-refractivity contribution >= 4 is 21.7 Å². The van der Waals surface area contributed by atoms with Gasteiger partial charge in [0.2, 0.25) is 5.91 Å². The van der Waals surface area contributed by atoms with Gasteiger partial charge in [-0.05, 0) is 38.5 Å². The number of aliphatic carboxylic acids is 1. The molecule has 1 aliphatic heterocycles. The third-order valence-corrected chi connectivity index (χ3v) is 6.45. The lowest BCUT2D eigenvalue weighted by Crippen LogP contribution is -2.38. The molecule has 0 radical (unpaired) electrons. The van der Waals surface area contributed by atoms with Gasteiger partial charge in [0.25, 0.3) is 0 Å². The standard InChI is InChI=1S/C13H21NO5S/c15-12(14-7-1-2-8-14)9-20(18,19)11-5-3-10(4-6-11)13(16)17/h10-11H,1-9H2,(H,16,17). The van der Waals surface area contributed by atoms with Gasteiger partial charge in [0.05, 0.1) is 11.2 Å². The molecular formula is C13H21NO5S. The minimum atomic E-state index is -3.45. The first kappa shape index (κ1) is 15.3. The number of amides is 1. The van der Waals surface area contributed by atoms with Crippen molar-refractivity contribution in [3.63, 3.8) is 0 Å². The zero-order valence-electron chi connectivity index (χ0n) is 11.5. The van der Waals surface area contributed by atoms with Crippen LogP contribution < -0.4 is 0 Å². The molecule has 0 unspecified atom stereocenters. The van der Waals surface area contributed by atoms with Crippen molar-refractivity contribution < 1.29 is 23.1 Å². The van der Waals surface area contributed by atoms with E-state index in [4.69, 9.17) is 5.11 Å². The molecule has 7 heteroatoms. The lowest BCUT2D eigenvalue weighted by Gasteiger charge is -2.26. The summed E-state index contributed by atoms with van der Waals surface area (Å²) in [6, 6.07) is 0. The highest BCUT2D eigenvalue weighted by Gasteiger charge is 2.35. The SMILES string of the molecule is O=C(O)C1CCC(S(=O)(=O)CC(=O)N2CCCC2)CC1. The number of likely N-dealkylation sites (tertiary alicyclic amines) is 1. The Morgan fingerprint density at radius 2 is 1.60 bits per heavy atom. The topological polar surface area (TPSA) is 91.7 Å². The predicted molar refractivity (Wildman–Crippen MR) is 73.0 cm³/mol. The van der Waals surface area contributed by atoms with Crippen molar-refractivity contribution in [2.24, 2.45) is 5.92 Å². The average molecular weight is 303 g/mol. The molecule has 20 heavy (non-hydrogen) atoms. The molecule has 1 saturated heterocycles. The molecule has 1 saturated carbocycles. The summed E-state index contributed by atoms with van der Waals surface area (Å²) in [4.78, 5) is 24.4. The third kappa shape index (κ3) is 3.50. The van der Waals surface area contributed by atoms with Gasteiger partial charge < -0.3 is 10.0 Å². The monoisotopic (exact) mass is 303 g/mol. The van der Waals surface area contributed by atoms with Crippen LogP contribution in [0.2, 0.25) is 0 Å². The quantitative estimate of drug-likeness (QED) is 0.824. The second-order valence-corrected chi connectivity index (χ2v) is 7.99. The summed E-state index contributed by atoms with van der Waals surface area (Å²) in [5, 5.41) is 8.35. The van der Waals surface area contributed by atoms with Crippen molar-refractivity contribution in [3.05, 3.63) is 0 Å². The van der Waals surface area contributed by atoms with Crippen molar-refractivity contribution in [2.75, 3.05) is 18.8 Å². The number of hydrogen-bond donors (Lipinski definition) is 1. The van der Waals surface area contributed by atoms with Crippen molar-refractivity contribution in [3.8, 4) is 0 Å². The molecule has 0 bridgehead atoms. The van der Waals surface area contributed by atoms with Gasteiger partial charge in [0.1, 0.15) is 5.75 Å². The zero-order chi connectivity index (χ0) is 14.8. The zero-order valence-corrected chi connectivity index (χ0v) is 12.3. The number of carboxylic acid groups (broad SMARTS) is 1. The molecule has 1 aliphatic carbocycles. The molecule has 2 aliphatic rings. The molecular weight excluding hydrogens is 282 g/mol. The number of hydrogen-bond acceptors (Lipinski definition) is 4. The summed E-state index contributed by atoms with van der Waals surface area (Å²) >= 11 is 0. The molecule has 114 valence electrons. The van der Waals surface area contributed by atoms with E-state index in [0.717, 1.165) is 12.8 Å². The van der Waals surface area contributed by atoms with E-state index in [1.807, 2.05) is 0 Å². The maximum atomic E-state index is 12.2. The van der Waals surface area contributed by atoms with E-state index < -0.39 is 32.7 Å². The van der Waals surface area contributed by atoms with E-state index >= 15 is 0 Å². The van der Waals surface area contributed by atoms with E-state index in [-0.39, 0.29) is 5.91 Å². The van der Waals surface area contributed by atoms with Gasteiger partial charge in [-0.2, -0.15) is 0 Å². The number of carboxylic acids is 1. The van der Waals surface area contributed by atoms with Gasteiger partial charge in [-0.15, -0.1) is 0 Å². The summed E-state index contributed by atoms with van der Waals surface area (Å²) in [7, 11) is -3.45. The van der Waals surface area contributed by atoms with Crippen LogP contribution in [0.3, 0.4) is 0 Å². The van der Waals surface area contributed by atoms with Gasteiger partial charge in [-0.1, -0.05) is 0 Å². The van der Waals surface area contributed by atoms with E-state index in [1.165, 1.54) is 0 Å². The van der Waals surface area contributed by atoms with Gasteiger partial charge in [-0.25, -0.2) is 8.42 Å². The Morgan fingerprint density at radius 1 is 1.05 bits per heavy atom. The normalized spacial score (nSPS) is 27.5. The van der Waals surface area contributed by atoms with Crippen molar-refractivity contribution in [1.82, 2.24) is 4.90 Å². The van der Waals surface area contributed by atoms with Crippen molar-refractivity contribution in [2.45, 2.75) is 43.8 Å². The lowest BCUT2D eigenvalue weighted by atomic mass is 9.89. The Kier molecular flexibility index (Phi) is 4.67. The first-order valence-electron chi connectivity index (χ1n) is 7.12. The van der Waals surface area contributed by atoms with E-state index in [0.29, 0.717) is 38.8 Å². The Hall–Kier alpha value is -1.11. The van der Waals surface area contributed by atoms with Crippen LogP contribution in [-0.4, -0.2) is 54.4 Å². The van der Waals surface area contributed by atoms with Crippen molar-refractivity contribution in [1.29, 1.82) is 0 Å². The second-order valence-electron chi connectivity index (χ2n) is 5.71.